The molecule has 0 aromatic rings. The van der Waals surface area contributed by atoms with E-state index in [9.17, 15) is 9.32 Å². The molecule has 5 heteroatoms. The number of nitrogens with one attached hydrogen (secondary N) is 1. The summed E-state index contributed by atoms with van der Waals surface area (Å²) in [5.74, 6) is 0.335. The van der Waals surface area contributed by atoms with Crippen molar-refractivity contribution in [3.8, 4) is 0 Å². The summed E-state index contributed by atoms with van der Waals surface area (Å²) >= 11 is 0. The van der Waals surface area contributed by atoms with Crippen LogP contribution in [0.1, 0.15) is 34.1 Å². The Morgan fingerprint density at radius 1 is 1.53 bits per heavy atom. The van der Waals surface area contributed by atoms with Crippen molar-refractivity contribution in [3.63, 3.8) is 0 Å². The van der Waals surface area contributed by atoms with Gasteiger partial charge in [-0.2, -0.15) is 0 Å². The van der Waals surface area contributed by atoms with Crippen LogP contribution in [0.2, 0.25) is 0 Å². The molecule has 0 aromatic carbocycles. The third kappa shape index (κ3) is 5.46. The first kappa shape index (κ1) is 15.1. The molecule has 4 nitrogen and oxygen atoms in total. The molecule has 2 N–H and O–H groups in total. The number of aliphatic hydroxyl groups is 1. The van der Waals surface area contributed by atoms with E-state index in [2.05, 4.69) is 5.32 Å². The SMILES string of the molecule is CC1OCCC1S(=O)CC(O)CNC(C)(C)C. The summed E-state index contributed by atoms with van der Waals surface area (Å²) in [6.07, 6.45) is 0.342. The van der Waals surface area contributed by atoms with Crippen LogP contribution in [0.25, 0.3) is 0 Å². The Labute approximate surface area is 107 Å². The van der Waals surface area contributed by atoms with Gasteiger partial charge in [0.2, 0.25) is 0 Å². The molecule has 1 heterocycles. The van der Waals surface area contributed by atoms with Crippen molar-refractivity contribution in [2.75, 3.05) is 18.9 Å². The monoisotopic (exact) mass is 263 g/mol. The second-order valence-corrected chi connectivity index (χ2v) is 7.44. The van der Waals surface area contributed by atoms with Gasteiger partial charge in [-0.3, -0.25) is 4.21 Å². The third-order valence-corrected chi connectivity index (χ3v) is 4.88. The zero-order valence-corrected chi connectivity index (χ0v) is 12.0. The van der Waals surface area contributed by atoms with Crippen molar-refractivity contribution in [1.29, 1.82) is 0 Å². The van der Waals surface area contributed by atoms with Gasteiger partial charge in [0.05, 0.1) is 23.2 Å². The molecule has 1 saturated heterocycles. The molecule has 4 unspecified atom stereocenters. The van der Waals surface area contributed by atoms with Crippen molar-refractivity contribution in [1.82, 2.24) is 5.32 Å². The molecule has 0 bridgehead atoms. The van der Waals surface area contributed by atoms with Gasteiger partial charge in [-0.1, -0.05) is 0 Å². The average molecular weight is 263 g/mol. The van der Waals surface area contributed by atoms with Gasteiger partial charge < -0.3 is 15.2 Å². The topological polar surface area (TPSA) is 58.6 Å². The molecule has 0 aromatic heterocycles. The minimum absolute atomic E-state index is 0.0216. The highest BCUT2D eigenvalue weighted by Gasteiger charge is 2.30. The highest BCUT2D eigenvalue weighted by atomic mass is 32.2. The average Bonchev–Trinajstić information content (AvgIpc) is 2.60. The van der Waals surface area contributed by atoms with E-state index in [0.717, 1.165) is 6.42 Å². The number of aliphatic hydroxyl groups excluding tert-OH is 1. The van der Waals surface area contributed by atoms with Gasteiger partial charge in [-0.05, 0) is 34.1 Å². The largest absolute Gasteiger partial charge is 0.391 e. The van der Waals surface area contributed by atoms with Crippen LogP contribution in [-0.2, 0) is 15.5 Å². The lowest BCUT2D eigenvalue weighted by Crippen LogP contribution is -2.43. The standard InChI is InChI=1S/C12H25NO3S/c1-9-11(5-6-16-9)17(15)8-10(14)7-13-12(2,3)4/h9-11,13-14H,5-8H2,1-4H3. The first-order valence-corrected chi connectivity index (χ1v) is 7.59. The van der Waals surface area contributed by atoms with E-state index in [4.69, 9.17) is 4.74 Å². The van der Waals surface area contributed by atoms with Crippen LogP contribution in [0, 0.1) is 0 Å². The van der Waals surface area contributed by atoms with Crippen LogP contribution in [0.15, 0.2) is 0 Å². The fourth-order valence-electron chi connectivity index (χ4n) is 1.85. The number of hydrogen-bond donors (Lipinski definition) is 2. The van der Waals surface area contributed by atoms with Crippen molar-refractivity contribution < 1.29 is 14.1 Å². The van der Waals surface area contributed by atoms with Crippen LogP contribution in [-0.4, -0.2) is 51.2 Å². The molecule has 0 aliphatic carbocycles. The van der Waals surface area contributed by atoms with Crippen molar-refractivity contribution in [2.24, 2.45) is 0 Å². The fourth-order valence-corrected chi connectivity index (χ4v) is 3.46. The predicted molar refractivity (Wildman–Crippen MR) is 70.6 cm³/mol. The minimum Gasteiger partial charge on any atom is -0.391 e. The maximum atomic E-state index is 12.0. The Morgan fingerprint density at radius 2 is 2.18 bits per heavy atom. The molecular formula is C12H25NO3S. The van der Waals surface area contributed by atoms with E-state index in [1.807, 2.05) is 27.7 Å². The predicted octanol–water partition coefficient (Wildman–Crippen LogP) is 0.661. The van der Waals surface area contributed by atoms with Crippen LogP contribution >= 0.6 is 0 Å². The molecule has 1 fully saturated rings. The molecule has 0 saturated carbocycles. The zero-order valence-electron chi connectivity index (χ0n) is 11.2. The number of hydrogen-bond acceptors (Lipinski definition) is 4. The molecule has 0 spiro atoms. The zero-order chi connectivity index (χ0) is 13.1. The molecule has 4 atom stereocenters. The second-order valence-electron chi connectivity index (χ2n) is 5.74. The van der Waals surface area contributed by atoms with E-state index in [1.54, 1.807) is 0 Å². The van der Waals surface area contributed by atoms with Gasteiger partial charge in [0, 0.05) is 29.5 Å². The molecular weight excluding hydrogens is 238 g/mol. The number of ether oxygens (including phenoxy) is 1. The highest BCUT2D eigenvalue weighted by Crippen LogP contribution is 2.19. The third-order valence-electron chi connectivity index (χ3n) is 2.87. The summed E-state index contributed by atoms with van der Waals surface area (Å²) in [5, 5.41) is 13.1. The maximum absolute atomic E-state index is 12.0. The van der Waals surface area contributed by atoms with E-state index in [0.29, 0.717) is 18.9 Å². The quantitative estimate of drug-likeness (QED) is 0.765. The van der Waals surface area contributed by atoms with Gasteiger partial charge >= 0.3 is 0 Å². The Hall–Kier alpha value is 0.0300. The number of rotatable bonds is 5. The van der Waals surface area contributed by atoms with Crippen LogP contribution < -0.4 is 5.32 Å². The molecule has 1 rings (SSSR count). The summed E-state index contributed by atoms with van der Waals surface area (Å²) in [5.41, 5.74) is -0.0216. The first-order chi connectivity index (χ1) is 7.79. The van der Waals surface area contributed by atoms with E-state index in [1.165, 1.54) is 0 Å². The Morgan fingerprint density at radius 3 is 2.65 bits per heavy atom. The normalized spacial score (nSPS) is 29.2. The highest BCUT2D eigenvalue weighted by molar-refractivity contribution is 7.85. The Kier molecular flexibility index (Phi) is 5.57. The van der Waals surface area contributed by atoms with E-state index >= 15 is 0 Å². The minimum atomic E-state index is -0.999. The smallest absolute Gasteiger partial charge is 0.0779 e. The first-order valence-electron chi connectivity index (χ1n) is 6.21. The summed E-state index contributed by atoms with van der Waals surface area (Å²) in [7, 11) is -0.999. The molecule has 1 aliphatic heterocycles. The van der Waals surface area contributed by atoms with Crippen LogP contribution in [0.4, 0.5) is 0 Å². The van der Waals surface area contributed by atoms with Crippen LogP contribution in [0.3, 0.4) is 0 Å². The summed E-state index contributed by atoms with van der Waals surface area (Å²) in [6, 6.07) is 0. The molecule has 17 heavy (non-hydrogen) atoms. The molecule has 0 radical (unpaired) electrons. The molecule has 102 valence electrons. The second kappa shape index (κ2) is 6.27. The summed E-state index contributed by atoms with van der Waals surface area (Å²) in [4.78, 5) is 0. The fraction of sp³-hybridized carbons (Fsp3) is 1.00. The van der Waals surface area contributed by atoms with E-state index in [-0.39, 0.29) is 16.9 Å². The van der Waals surface area contributed by atoms with Gasteiger partial charge in [0.15, 0.2) is 0 Å². The Balaban J connectivity index is 2.30. The molecule has 1 aliphatic rings. The lowest BCUT2D eigenvalue weighted by Gasteiger charge is -2.23. The summed E-state index contributed by atoms with van der Waals surface area (Å²) < 4.78 is 17.4. The van der Waals surface area contributed by atoms with Crippen molar-refractivity contribution >= 4 is 10.8 Å². The lowest BCUT2D eigenvalue weighted by atomic mass is 10.1. The molecule has 0 amide bonds. The van der Waals surface area contributed by atoms with Crippen LogP contribution in [0.5, 0.6) is 0 Å². The van der Waals surface area contributed by atoms with Gasteiger partial charge in [0.1, 0.15) is 0 Å². The number of β-amino-alcohol motifs (C(OH)–C–C–N with tert-alkyl or cyclic N) is 1. The van der Waals surface area contributed by atoms with Crippen molar-refractivity contribution in [2.45, 2.75) is 57.1 Å². The van der Waals surface area contributed by atoms with Gasteiger partial charge in [-0.15, -0.1) is 0 Å². The van der Waals surface area contributed by atoms with Crippen molar-refractivity contribution in [3.05, 3.63) is 0 Å². The lowest BCUT2D eigenvalue weighted by molar-refractivity contribution is 0.126. The maximum Gasteiger partial charge on any atom is 0.0779 e. The summed E-state index contributed by atoms with van der Waals surface area (Å²) in [6.45, 7) is 9.26. The van der Waals surface area contributed by atoms with Gasteiger partial charge in [-0.25, -0.2) is 0 Å². The Bertz CT molecular complexity index is 265. The van der Waals surface area contributed by atoms with Gasteiger partial charge in [0.25, 0.3) is 0 Å². The van der Waals surface area contributed by atoms with E-state index < -0.39 is 16.9 Å².